The third-order valence-corrected chi connectivity index (χ3v) is 6.29. The highest BCUT2D eigenvalue weighted by molar-refractivity contribution is 6.07. The number of rotatable bonds is 5. The number of halogens is 1. The zero-order chi connectivity index (χ0) is 22.2. The van der Waals surface area contributed by atoms with Crippen LogP contribution >= 0.6 is 0 Å². The number of hydrogen-bond acceptors (Lipinski definition) is 2. The van der Waals surface area contributed by atoms with Gasteiger partial charge in [0.15, 0.2) is 0 Å². The molecule has 0 saturated carbocycles. The van der Waals surface area contributed by atoms with Crippen LogP contribution in [0.2, 0.25) is 0 Å². The largest absolute Gasteiger partial charge is 0.490 e. The molecule has 0 aromatic heterocycles. The summed E-state index contributed by atoms with van der Waals surface area (Å²) in [5.41, 5.74) is 7.69. The molecule has 1 N–H and O–H groups in total. The highest BCUT2D eigenvalue weighted by Gasteiger charge is 2.26. The van der Waals surface area contributed by atoms with Gasteiger partial charge in [0.1, 0.15) is 17.7 Å². The van der Waals surface area contributed by atoms with E-state index in [1.165, 1.54) is 23.3 Å². The molecule has 4 heteroatoms. The van der Waals surface area contributed by atoms with Crippen LogP contribution in [0, 0.1) is 5.82 Å². The first-order valence-electron chi connectivity index (χ1n) is 10.8. The van der Waals surface area contributed by atoms with E-state index >= 15 is 0 Å². The fraction of sp³-hybridized carbons (Fsp3) is 0.179. The Bertz CT molecular complexity index is 1240. The van der Waals surface area contributed by atoms with Crippen LogP contribution in [0.5, 0.6) is 5.75 Å². The van der Waals surface area contributed by atoms with Crippen LogP contribution < -0.4 is 4.74 Å². The van der Waals surface area contributed by atoms with Crippen LogP contribution in [-0.4, -0.2) is 17.2 Å². The Labute approximate surface area is 186 Å². The van der Waals surface area contributed by atoms with Crippen molar-refractivity contribution in [2.24, 2.45) is 0 Å². The van der Waals surface area contributed by atoms with Gasteiger partial charge in [-0.25, -0.2) is 4.39 Å². The van der Waals surface area contributed by atoms with Gasteiger partial charge in [-0.2, -0.15) is 0 Å². The molecule has 0 bridgehead atoms. The van der Waals surface area contributed by atoms with Gasteiger partial charge >= 0.3 is 5.97 Å². The van der Waals surface area contributed by atoms with E-state index in [1.54, 1.807) is 6.07 Å². The molecule has 3 aromatic carbocycles. The third-order valence-electron chi connectivity index (χ3n) is 6.29. The minimum atomic E-state index is -0.925. The number of carboxylic acids is 1. The number of allylic oxidation sites excluding steroid dienone is 2. The number of benzene rings is 3. The molecule has 3 aromatic rings. The lowest BCUT2D eigenvalue weighted by atomic mass is 10.0. The molecule has 160 valence electrons. The van der Waals surface area contributed by atoms with Gasteiger partial charge in [0.05, 0.1) is 6.42 Å². The van der Waals surface area contributed by atoms with Crippen molar-refractivity contribution in [2.75, 3.05) is 0 Å². The summed E-state index contributed by atoms with van der Waals surface area (Å²) < 4.78 is 20.0. The Morgan fingerprint density at radius 1 is 1.03 bits per heavy atom. The number of carbonyl (C=O) groups is 1. The molecular formula is C28H23FO3. The lowest BCUT2D eigenvalue weighted by Gasteiger charge is -2.13. The summed E-state index contributed by atoms with van der Waals surface area (Å²) in [5, 5.41) is 9.31. The first kappa shape index (κ1) is 20.3. The number of fused-ring (bicyclic) bond motifs is 2. The van der Waals surface area contributed by atoms with E-state index in [1.807, 2.05) is 37.3 Å². The van der Waals surface area contributed by atoms with Crippen LogP contribution in [0.15, 0.2) is 72.3 Å². The van der Waals surface area contributed by atoms with Gasteiger partial charge in [0.2, 0.25) is 0 Å². The van der Waals surface area contributed by atoms with Crippen molar-refractivity contribution in [3.63, 3.8) is 0 Å². The van der Waals surface area contributed by atoms with Crippen molar-refractivity contribution in [3.8, 4) is 5.75 Å². The van der Waals surface area contributed by atoms with Crippen molar-refractivity contribution in [1.29, 1.82) is 0 Å². The summed E-state index contributed by atoms with van der Waals surface area (Å²) in [6, 6.07) is 20.9. The summed E-state index contributed by atoms with van der Waals surface area (Å²) in [6.07, 6.45) is 3.89. The average Bonchev–Trinajstić information content (AvgIpc) is 3.28. The second-order valence-electron chi connectivity index (χ2n) is 8.41. The Hall–Kier alpha value is -3.66. The quantitative estimate of drug-likeness (QED) is 0.530. The zero-order valence-electron chi connectivity index (χ0n) is 17.8. The molecule has 0 amide bonds. The molecular weight excluding hydrogens is 403 g/mol. The maximum Gasteiger partial charge on any atom is 0.307 e. The van der Waals surface area contributed by atoms with Gasteiger partial charge in [-0.15, -0.1) is 0 Å². The minimum Gasteiger partial charge on any atom is -0.490 e. The molecule has 0 radical (unpaired) electrons. The molecule has 2 aliphatic rings. The molecule has 5 rings (SSSR count). The fourth-order valence-electron chi connectivity index (χ4n) is 4.74. The molecule has 32 heavy (non-hydrogen) atoms. The van der Waals surface area contributed by atoms with E-state index in [2.05, 4.69) is 24.3 Å². The van der Waals surface area contributed by atoms with Gasteiger partial charge in [0.25, 0.3) is 0 Å². The molecule has 0 fully saturated rings. The van der Waals surface area contributed by atoms with Gasteiger partial charge in [-0.3, -0.25) is 4.79 Å². The summed E-state index contributed by atoms with van der Waals surface area (Å²) in [7, 11) is 0. The van der Waals surface area contributed by atoms with E-state index < -0.39 is 5.97 Å². The molecule has 0 saturated heterocycles. The van der Waals surface area contributed by atoms with Gasteiger partial charge < -0.3 is 9.84 Å². The van der Waals surface area contributed by atoms with Crippen molar-refractivity contribution >= 4 is 23.2 Å². The average molecular weight is 426 g/mol. The third kappa shape index (κ3) is 3.84. The number of hydrogen-bond donors (Lipinski definition) is 1. The van der Waals surface area contributed by atoms with E-state index in [0.29, 0.717) is 11.1 Å². The molecule has 3 nitrogen and oxygen atoms in total. The highest BCUT2D eigenvalue weighted by atomic mass is 19.1. The molecule has 2 aliphatic carbocycles. The van der Waals surface area contributed by atoms with Crippen LogP contribution in [0.25, 0.3) is 17.2 Å². The van der Waals surface area contributed by atoms with Crippen molar-refractivity contribution < 1.29 is 19.0 Å². The predicted molar refractivity (Wildman–Crippen MR) is 124 cm³/mol. The van der Waals surface area contributed by atoms with E-state index in [0.717, 1.165) is 40.9 Å². The van der Waals surface area contributed by atoms with Crippen molar-refractivity contribution in [3.05, 3.63) is 106 Å². The highest BCUT2D eigenvalue weighted by Crippen LogP contribution is 2.43. The van der Waals surface area contributed by atoms with Gasteiger partial charge in [-0.1, -0.05) is 42.5 Å². The zero-order valence-corrected chi connectivity index (χ0v) is 17.8. The van der Waals surface area contributed by atoms with Crippen molar-refractivity contribution in [2.45, 2.75) is 32.3 Å². The van der Waals surface area contributed by atoms with E-state index in [9.17, 15) is 14.3 Å². The SMILES string of the molecule is CC1=C(CC(=O)O)c2cc(F)ccc2C1=Cc1ccc(OC2Cc3ccccc3C2)cc1. The standard InChI is InChI=1S/C28H23FO3/c1-17-25(24-11-8-21(29)15-27(24)26(17)16-28(30)31)12-18-6-9-22(10-7-18)32-23-13-19-4-2-3-5-20(19)14-23/h2-12,15,23H,13-14,16H2,1H3,(H,30,31). The second-order valence-corrected chi connectivity index (χ2v) is 8.41. The summed E-state index contributed by atoms with van der Waals surface area (Å²) in [4.78, 5) is 11.4. The Balaban J connectivity index is 1.38. The summed E-state index contributed by atoms with van der Waals surface area (Å²) in [5.74, 6) is -0.458. The Morgan fingerprint density at radius 2 is 1.72 bits per heavy atom. The minimum absolute atomic E-state index is 0.129. The monoisotopic (exact) mass is 426 g/mol. The number of ether oxygens (including phenoxy) is 1. The van der Waals surface area contributed by atoms with Crippen LogP contribution in [0.3, 0.4) is 0 Å². The van der Waals surface area contributed by atoms with Gasteiger partial charge in [-0.05, 0) is 81.8 Å². The van der Waals surface area contributed by atoms with Gasteiger partial charge in [0, 0.05) is 12.8 Å². The van der Waals surface area contributed by atoms with Crippen LogP contribution in [0.4, 0.5) is 4.39 Å². The van der Waals surface area contributed by atoms with Crippen molar-refractivity contribution in [1.82, 2.24) is 0 Å². The molecule has 0 atom stereocenters. The maximum absolute atomic E-state index is 13.8. The predicted octanol–water partition coefficient (Wildman–Crippen LogP) is 6.17. The summed E-state index contributed by atoms with van der Waals surface area (Å²) >= 11 is 0. The van der Waals surface area contributed by atoms with Crippen LogP contribution in [-0.2, 0) is 17.6 Å². The van der Waals surface area contributed by atoms with E-state index in [4.69, 9.17) is 4.74 Å². The number of carboxylic acid groups (broad SMARTS) is 1. The lowest BCUT2D eigenvalue weighted by Crippen LogP contribution is -2.16. The normalized spacial score (nSPS) is 16.4. The van der Waals surface area contributed by atoms with Crippen LogP contribution in [0.1, 0.15) is 41.2 Å². The summed E-state index contributed by atoms with van der Waals surface area (Å²) in [6.45, 7) is 1.90. The maximum atomic E-state index is 13.8. The van der Waals surface area contributed by atoms with E-state index in [-0.39, 0.29) is 18.3 Å². The number of aliphatic carboxylic acids is 1. The Kier molecular flexibility index (Phi) is 5.14. The smallest absolute Gasteiger partial charge is 0.307 e. The molecule has 0 aliphatic heterocycles. The molecule has 0 unspecified atom stereocenters. The first-order valence-corrected chi connectivity index (χ1v) is 10.8. The Morgan fingerprint density at radius 3 is 2.38 bits per heavy atom. The molecule has 0 spiro atoms. The molecule has 0 heterocycles. The topological polar surface area (TPSA) is 46.5 Å². The second kappa shape index (κ2) is 8.12. The first-order chi connectivity index (χ1) is 15.5. The fourth-order valence-corrected chi connectivity index (χ4v) is 4.74. The lowest BCUT2D eigenvalue weighted by molar-refractivity contribution is -0.135.